The van der Waals surface area contributed by atoms with Gasteiger partial charge in [-0.3, -0.25) is 19.1 Å². The van der Waals surface area contributed by atoms with Crippen molar-refractivity contribution in [3.05, 3.63) is 50.7 Å². The van der Waals surface area contributed by atoms with Crippen LogP contribution in [-0.2, 0) is 13.1 Å². The molecule has 2 heterocycles. The molecule has 0 radical (unpaired) electrons. The maximum Gasteiger partial charge on any atom is 0.329 e. The molecule has 3 N–H and O–H groups in total. The first-order valence-corrected chi connectivity index (χ1v) is 10.6. The number of nitrogen functional groups attached to an aromatic ring is 1. The lowest BCUT2D eigenvalue weighted by atomic mass is 10.2. The predicted molar refractivity (Wildman–Crippen MR) is 116 cm³/mol. The fourth-order valence-electron chi connectivity index (χ4n) is 3.21. The van der Waals surface area contributed by atoms with Crippen LogP contribution in [0.4, 0.5) is 5.82 Å². The monoisotopic (exact) mass is 415 g/mol. The Labute approximate surface area is 172 Å². The molecule has 3 aromatic rings. The summed E-state index contributed by atoms with van der Waals surface area (Å²) in [6, 6.07) is 7.81. The number of carbonyl (C=O) groups excluding carboxylic acids is 1. The molecule has 154 valence electrons. The summed E-state index contributed by atoms with van der Waals surface area (Å²) in [4.78, 5) is 43.8. The lowest BCUT2D eigenvalue weighted by Gasteiger charge is -2.12. The maximum absolute atomic E-state index is 12.8. The Bertz CT molecular complexity index is 1160. The lowest BCUT2D eigenvalue weighted by molar-refractivity contribution is 0.102. The van der Waals surface area contributed by atoms with Crippen molar-refractivity contribution in [1.82, 2.24) is 19.1 Å². The molecule has 1 aromatic carbocycles. The number of nitrogens with zero attached hydrogens (tertiary/aromatic N) is 3. The van der Waals surface area contributed by atoms with E-state index in [4.69, 9.17) is 5.73 Å². The van der Waals surface area contributed by atoms with E-state index in [1.807, 2.05) is 31.2 Å². The Morgan fingerprint density at radius 2 is 1.97 bits per heavy atom. The molecule has 8 nitrogen and oxygen atoms in total. The SMILES string of the molecule is CCCn1c(N)c(C(=O)CSc2nc3ccccc3n2CC(C)C)c(=O)[nH]c1=O. The predicted octanol–water partition coefficient (Wildman–Crippen LogP) is 2.51. The van der Waals surface area contributed by atoms with Crippen molar-refractivity contribution in [3.63, 3.8) is 0 Å². The van der Waals surface area contributed by atoms with Crippen LogP contribution < -0.4 is 17.0 Å². The maximum atomic E-state index is 12.8. The van der Waals surface area contributed by atoms with Crippen molar-refractivity contribution in [2.45, 2.75) is 45.4 Å². The zero-order chi connectivity index (χ0) is 21.1. The number of rotatable bonds is 8. The molecular formula is C20H25N5O3S. The summed E-state index contributed by atoms with van der Waals surface area (Å²) >= 11 is 1.27. The molecular weight excluding hydrogens is 390 g/mol. The van der Waals surface area contributed by atoms with Crippen molar-refractivity contribution in [2.24, 2.45) is 5.92 Å². The Kier molecular flexibility index (Phi) is 6.26. The Morgan fingerprint density at radius 3 is 2.66 bits per heavy atom. The molecule has 29 heavy (non-hydrogen) atoms. The minimum atomic E-state index is -0.749. The number of Topliss-reactive ketones (excluding diaryl/α,β-unsaturated/α-hetero) is 1. The largest absolute Gasteiger partial charge is 0.384 e. The summed E-state index contributed by atoms with van der Waals surface area (Å²) in [5, 5.41) is 0.713. The van der Waals surface area contributed by atoms with Gasteiger partial charge in [0, 0.05) is 13.1 Å². The van der Waals surface area contributed by atoms with Crippen LogP contribution in [0.5, 0.6) is 0 Å². The van der Waals surface area contributed by atoms with E-state index in [0.717, 1.165) is 17.6 Å². The number of nitrogens with two attached hydrogens (primary N) is 1. The number of anilines is 1. The van der Waals surface area contributed by atoms with E-state index in [0.29, 0.717) is 24.0 Å². The van der Waals surface area contributed by atoms with Gasteiger partial charge in [-0.25, -0.2) is 9.78 Å². The van der Waals surface area contributed by atoms with E-state index in [1.165, 1.54) is 16.3 Å². The Hall–Kier alpha value is -2.81. The number of fused-ring (bicyclic) bond motifs is 1. The van der Waals surface area contributed by atoms with Gasteiger partial charge in [-0.15, -0.1) is 0 Å². The average molecular weight is 416 g/mol. The zero-order valence-electron chi connectivity index (χ0n) is 16.8. The van der Waals surface area contributed by atoms with Gasteiger partial charge in [-0.2, -0.15) is 0 Å². The van der Waals surface area contributed by atoms with Gasteiger partial charge in [-0.1, -0.05) is 44.7 Å². The quantitative estimate of drug-likeness (QED) is 0.431. The standard InChI is InChI=1S/C20H25N5O3S/c1-4-9-24-17(21)16(18(27)23-19(24)28)15(26)11-29-20-22-13-7-5-6-8-14(13)25(20)10-12(2)3/h5-8,12H,4,9-11,21H2,1-3H3,(H,23,27,28). The fourth-order valence-corrected chi connectivity index (χ4v) is 4.11. The topological polar surface area (TPSA) is 116 Å². The first-order chi connectivity index (χ1) is 13.8. The van der Waals surface area contributed by atoms with Crippen LogP contribution in [0.25, 0.3) is 11.0 Å². The second-order valence-electron chi connectivity index (χ2n) is 7.27. The number of hydrogen-bond donors (Lipinski definition) is 2. The van der Waals surface area contributed by atoms with Crippen molar-refractivity contribution >= 4 is 34.4 Å². The van der Waals surface area contributed by atoms with Gasteiger partial charge >= 0.3 is 5.69 Å². The van der Waals surface area contributed by atoms with E-state index >= 15 is 0 Å². The summed E-state index contributed by atoms with van der Waals surface area (Å²) in [5.74, 6) is -0.110. The number of aromatic amines is 1. The van der Waals surface area contributed by atoms with Crippen LogP contribution in [0.3, 0.4) is 0 Å². The van der Waals surface area contributed by atoms with E-state index < -0.39 is 17.0 Å². The number of benzene rings is 1. The second-order valence-corrected chi connectivity index (χ2v) is 8.21. The Balaban J connectivity index is 1.91. The highest BCUT2D eigenvalue weighted by Crippen LogP contribution is 2.26. The number of para-hydroxylation sites is 2. The van der Waals surface area contributed by atoms with E-state index in [-0.39, 0.29) is 17.1 Å². The molecule has 0 unspecified atom stereocenters. The van der Waals surface area contributed by atoms with Crippen molar-refractivity contribution in [1.29, 1.82) is 0 Å². The second kappa shape index (κ2) is 8.69. The number of nitrogens with one attached hydrogen (secondary N) is 1. The van der Waals surface area contributed by atoms with Gasteiger partial charge in [0.05, 0.1) is 16.8 Å². The molecule has 0 fully saturated rings. The number of thioether (sulfide) groups is 1. The molecule has 0 aliphatic heterocycles. The minimum Gasteiger partial charge on any atom is -0.384 e. The van der Waals surface area contributed by atoms with Crippen molar-refractivity contribution < 1.29 is 4.79 Å². The summed E-state index contributed by atoms with van der Waals surface area (Å²) < 4.78 is 3.32. The molecule has 0 amide bonds. The molecule has 0 saturated heterocycles. The first kappa shape index (κ1) is 20.9. The normalized spacial score (nSPS) is 11.4. The number of ketones is 1. The number of aromatic nitrogens is 4. The highest BCUT2D eigenvalue weighted by Gasteiger charge is 2.21. The molecule has 2 aromatic heterocycles. The minimum absolute atomic E-state index is 0.000966. The first-order valence-electron chi connectivity index (χ1n) is 9.57. The van der Waals surface area contributed by atoms with Crippen LogP contribution in [0.1, 0.15) is 37.6 Å². The van der Waals surface area contributed by atoms with Gasteiger partial charge < -0.3 is 10.3 Å². The van der Waals surface area contributed by atoms with Crippen LogP contribution in [0.2, 0.25) is 0 Å². The highest BCUT2D eigenvalue weighted by molar-refractivity contribution is 7.99. The fraction of sp³-hybridized carbons (Fsp3) is 0.400. The zero-order valence-corrected chi connectivity index (χ0v) is 17.6. The molecule has 3 rings (SSSR count). The van der Waals surface area contributed by atoms with Crippen LogP contribution in [0.15, 0.2) is 39.0 Å². The molecule has 0 aliphatic carbocycles. The van der Waals surface area contributed by atoms with Gasteiger partial charge in [-0.05, 0) is 24.5 Å². The molecule has 0 bridgehead atoms. The number of hydrogen-bond acceptors (Lipinski definition) is 6. The van der Waals surface area contributed by atoms with Crippen LogP contribution in [0, 0.1) is 5.92 Å². The van der Waals surface area contributed by atoms with Gasteiger partial charge in [0.1, 0.15) is 11.4 Å². The average Bonchev–Trinajstić information content (AvgIpc) is 3.00. The van der Waals surface area contributed by atoms with Gasteiger partial charge in [0.25, 0.3) is 5.56 Å². The molecule has 0 atom stereocenters. The molecule has 0 spiro atoms. The van der Waals surface area contributed by atoms with Crippen molar-refractivity contribution in [2.75, 3.05) is 11.5 Å². The van der Waals surface area contributed by atoms with Gasteiger partial charge in [0.15, 0.2) is 10.9 Å². The summed E-state index contributed by atoms with van der Waals surface area (Å²) in [7, 11) is 0. The third-order valence-electron chi connectivity index (χ3n) is 4.47. The molecule has 0 aliphatic rings. The summed E-state index contributed by atoms with van der Waals surface area (Å²) in [6.07, 6.45) is 0.651. The number of imidazole rings is 1. The van der Waals surface area contributed by atoms with Crippen LogP contribution in [-0.4, -0.2) is 30.6 Å². The third-order valence-corrected chi connectivity index (χ3v) is 5.44. The van der Waals surface area contributed by atoms with E-state index in [9.17, 15) is 14.4 Å². The molecule has 0 saturated carbocycles. The number of carbonyl (C=O) groups is 1. The smallest absolute Gasteiger partial charge is 0.329 e. The lowest BCUT2D eigenvalue weighted by Crippen LogP contribution is -2.36. The summed E-state index contributed by atoms with van der Waals surface area (Å²) in [6.45, 7) is 7.21. The Morgan fingerprint density at radius 1 is 1.24 bits per heavy atom. The van der Waals surface area contributed by atoms with Crippen LogP contribution >= 0.6 is 11.8 Å². The van der Waals surface area contributed by atoms with Gasteiger partial charge in [0.2, 0.25) is 0 Å². The highest BCUT2D eigenvalue weighted by atomic mass is 32.2. The third kappa shape index (κ3) is 4.29. The number of H-pyrrole nitrogens is 1. The summed E-state index contributed by atoms with van der Waals surface area (Å²) in [5.41, 5.74) is 6.33. The van der Waals surface area contributed by atoms with Crippen molar-refractivity contribution in [3.8, 4) is 0 Å². The molecule has 9 heteroatoms. The van der Waals surface area contributed by atoms with E-state index in [1.54, 1.807) is 0 Å². The van der Waals surface area contributed by atoms with E-state index in [2.05, 4.69) is 28.4 Å².